The summed E-state index contributed by atoms with van der Waals surface area (Å²) in [6.45, 7) is 2.74. The standard InChI is InChI=1S/C10H20N4/c1-9-12-10(14(2)13-9)7-5-3-4-6-8-11/h3-8,11H2,1-2H3. The Balaban J connectivity index is 2.21. The molecule has 0 unspecified atom stereocenters. The minimum absolute atomic E-state index is 0.809. The molecule has 0 spiro atoms. The van der Waals surface area contributed by atoms with Gasteiger partial charge >= 0.3 is 0 Å². The van der Waals surface area contributed by atoms with E-state index in [1.807, 2.05) is 18.7 Å². The molecule has 0 fully saturated rings. The summed E-state index contributed by atoms with van der Waals surface area (Å²) in [4.78, 5) is 4.36. The van der Waals surface area contributed by atoms with E-state index >= 15 is 0 Å². The van der Waals surface area contributed by atoms with Crippen LogP contribution in [0.1, 0.15) is 37.3 Å². The Hall–Kier alpha value is -0.900. The molecule has 14 heavy (non-hydrogen) atoms. The topological polar surface area (TPSA) is 56.7 Å². The maximum Gasteiger partial charge on any atom is 0.147 e. The molecule has 4 heteroatoms. The highest BCUT2D eigenvalue weighted by Gasteiger charge is 2.02. The van der Waals surface area contributed by atoms with Crippen molar-refractivity contribution >= 4 is 0 Å². The van der Waals surface area contributed by atoms with E-state index in [1.54, 1.807) is 0 Å². The summed E-state index contributed by atoms with van der Waals surface area (Å²) < 4.78 is 1.87. The third kappa shape index (κ3) is 3.46. The van der Waals surface area contributed by atoms with Gasteiger partial charge in [-0.25, -0.2) is 4.98 Å². The second-order valence-corrected chi connectivity index (χ2v) is 3.65. The van der Waals surface area contributed by atoms with Gasteiger partial charge in [0, 0.05) is 13.5 Å². The van der Waals surface area contributed by atoms with Gasteiger partial charge in [-0.15, -0.1) is 0 Å². The van der Waals surface area contributed by atoms with E-state index < -0.39 is 0 Å². The zero-order valence-corrected chi connectivity index (χ0v) is 9.16. The highest BCUT2D eigenvalue weighted by Crippen LogP contribution is 2.05. The zero-order chi connectivity index (χ0) is 10.4. The lowest BCUT2D eigenvalue weighted by atomic mass is 10.1. The molecule has 1 aromatic rings. The minimum atomic E-state index is 0.809. The molecule has 0 aliphatic carbocycles. The maximum atomic E-state index is 5.42. The number of nitrogens with zero attached hydrogens (tertiary/aromatic N) is 3. The second kappa shape index (κ2) is 5.75. The van der Waals surface area contributed by atoms with Gasteiger partial charge < -0.3 is 5.73 Å². The van der Waals surface area contributed by atoms with Crippen molar-refractivity contribution in [2.75, 3.05) is 6.54 Å². The number of hydrogen-bond donors (Lipinski definition) is 1. The van der Waals surface area contributed by atoms with Crippen LogP contribution in [-0.2, 0) is 13.5 Å². The minimum Gasteiger partial charge on any atom is -0.330 e. The van der Waals surface area contributed by atoms with E-state index in [2.05, 4.69) is 10.1 Å². The molecule has 4 nitrogen and oxygen atoms in total. The van der Waals surface area contributed by atoms with Gasteiger partial charge in [-0.2, -0.15) is 5.10 Å². The predicted molar refractivity (Wildman–Crippen MR) is 57.0 cm³/mol. The SMILES string of the molecule is Cc1nc(CCCCCCN)n(C)n1. The second-order valence-electron chi connectivity index (χ2n) is 3.65. The van der Waals surface area contributed by atoms with Crippen molar-refractivity contribution in [1.29, 1.82) is 0 Å². The molecular formula is C10H20N4. The quantitative estimate of drug-likeness (QED) is 0.695. The smallest absolute Gasteiger partial charge is 0.147 e. The summed E-state index contributed by atoms with van der Waals surface area (Å²) in [5.74, 6) is 1.96. The number of nitrogens with two attached hydrogens (primary N) is 1. The van der Waals surface area contributed by atoms with Crippen molar-refractivity contribution in [3.8, 4) is 0 Å². The van der Waals surface area contributed by atoms with Crippen LogP contribution in [0.25, 0.3) is 0 Å². The zero-order valence-electron chi connectivity index (χ0n) is 9.16. The summed E-state index contributed by atoms with van der Waals surface area (Å²) >= 11 is 0. The van der Waals surface area contributed by atoms with Crippen LogP contribution in [0.15, 0.2) is 0 Å². The van der Waals surface area contributed by atoms with Gasteiger partial charge in [0.2, 0.25) is 0 Å². The summed E-state index contributed by atoms with van der Waals surface area (Å²) in [7, 11) is 1.95. The van der Waals surface area contributed by atoms with Crippen LogP contribution in [0.2, 0.25) is 0 Å². The lowest BCUT2D eigenvalue weighted by Crippen LogP contribution is -2.00. The third-order valence-electron chi connectivity index (χ3n) is 2.31. The van der Waals surface area contributed by atoms with E-state index in [1.165, 1.54) is 19.3 Å². The van der Waals surface area contributed by atoms with Crippen LogP contribution in [0.3, 0.4) is 0 Å². The van der Waals surface area contributed by atoms with E-state index in [0.29, 0.717) is 0 Å². The first-order valence-corrected chi connectivity index (χ1v) is 5.30. The molecule has 0 saturated heterocycles. The van der Waals surface area contributed by atoms with E-state index in [4.69, 9.17) is 5.73 Å². The van der Waals surface area contributed by atoms with Crippen molar-refractivity contribution in [3.05, 3.63) is 11.6 Å². The van der Waals surface area contributed by atoms with Gasteiger partial charge in [0.25, 0.3) is 0 Å². The average Bonchev–Trinajstić information content (AvgIpc) is 2.45. The van der Waals surface area contributed by atoms with Crippen LogP contribution in [0.5, 0.6) is 0 Å². The molecule has 1 aromatic heterocycles. The van der Waals surface area contributed by atoms with Crippen LogP contribution >= 0.6 is 0 Å². The molecule has 0 amide bonds. The monoisotopic (exact) mass is 196 g/mol. The molecule has 0 radical (unpaired) electrons. The lowest BCUT2D eigenvalue weighted by Gasteiger charge is -1.99. The van der Waals surface area contributed by atoms with E-state index in [0.717, 1.165) is 31.0 Å². The first-order chi connectivity index (χ1) is 6.74. The van der Waals surface area contributed by atoms with E-state index in [-0.39, 0.29) is 0 Å². The lowest BCUT2D eigenvalue weighted by molar-refractivity contribution is 0.611. The molecule has 0 atom stereocenters. The molecular weight excluding hydrogens is 176 g/mol. The molecule has 80 valence electrons. The summed E-state index contributed by atoms with van der Waals surface area (Å²) in [6.07, 6.45) is 5.82. The van der Waals surface area contributed by atoms with Gasteiger partial charge in [0.1, 0.15) is 11.6 Å². The first kappa shape index (κ1) is 11.2. The molecule has 2 N–H and O–H groups in total. The van der Waals surface area contributed by atoms with Crippen molar-refractivity contribution < 1.29 is 0 Å². The summed E-state index contributed by atoms with van der Waals surface area (Å²) in [5, 5.41) is 4.21. The van der Waals surface area contributed by atoms with Gasteiger partial charge in [-0.1, -0.05) is 12.8 Å². The Morgan fingerprint density at radius 2 is 1.93 bits per heavy atom. The molecule has 0 bridgehead atoms. The highest BCUT2D eigenvalue weighted by atomic mass is 15.3. The normalized spacial score (nSPS) is 10.8. The number of hydrogen-bond acceptors (Lipinski definition) is 3. The molecule has 0 aromatic carbocycles. The van der Waals surface area contributed by atoms with Crippen molar-refractivity contribution in [2.45, 2.75) is 39.0 Å². The average molecular weight is 196 g/mol. The molecule has 0 aliphatic rings. The molecule has 1 heterocycles. The van der Waals surface area contributed by atoms with Crippen LogP contribution < -0.4 is 5.73 Å². The first-order valence-electron chi connectivity index (χ1n) is 5.30. The fraction of sp³-hybridized carbons (Fsp3) is 0.800. The van der Waals surface area contributed by atoms with Crippen LogP contribution in [0.4, 0.5) is 0 Å². The maximum absolute atomic E-state index is 5.42. The summed E-state index contributed by atoms with van der Waals surface area (Å²) in [5.41, 5.74) is 5.42. The van der Waals surface area contributed by atoms with Gasteiger partial charge in [-0.3, -0.25) is 4.68 Å². The number of unbranched alkanes of at least 4 members (excludes halogenated alkanes) is 3. The van der Waals surface area contributed by atoms with Crippen molar-refractivity contribution in [2.24, 2.45) is 12.8 Å². The van der Waals surface area contributed by atoms with Crippen LogP contribution in [0, 0.1) is 6.92 Å². The molecule has 1 rings (SSSR count). The Labute approximate surface area is 85.5 Å². The third-order valence-corrected chi connectivity index (χ3v) is 2.31. The van der Waals surface area contributed by atoms with Gasteiger partial charge in [0.05, 0.1) is 0 Å². The Bertz CT molecular complexity index is 267. The fourth-order valence-corrected chi connectivity index (χ4v) is 1.56. The number of aryl methyl sites for hydroxylation is 3. The van der Waals surface area contributed by atoms with Gasteiger partial charge in [0.15, 0.2) is 0 Å². The van der Waals surface area contributed by atoms with Gasteiger partial charge in [-0.05, 0) is 26.3 Å². The highest BCUT2D eigenvalue weighted by molar-refractivity contribution is 4.90. The molecule has 0 aliphatic heterocycles. The Kier molecular flexibility index (Phi) is 4.59. The van der Waals surface area contributed by atoms with Crippen molar-refractivity contribution in [1.82, 2.24) is 14.8 Å². The Morgan fingerprint density at radius 1 is 1.21 bits per heavy atom. The summed E-state index contributed by atoms with van der Waals surface area (Å²) in [6, 6.07) is 0. The number of rotatable bonds is 6. The predicted octanol–water partition coefficient (Wildman–Crippen LogP) is 1.19. The van der Waals surface area contributed by atoms with Crippen LogP contribution in [-0.4, -0.2) is 21.3 Å². The molecule has 0 saturated carbocycles. The largest absolute Gasteiger partial charge is 0.330 e. The van der Waals surface area contributed by atoms with Crippen molar-refractivity contribution in [3.63, 3.8) is 0 Å². The number of aromatic nitrogens is 3. The van der Waals surface area contributed by atoms with E-state index in [9.17, 15) is 0 Å². The fourth-order valence-electron chi connectivity index (χ4n) is 1.56. The Morgan fingerprint density at radius 3 is 2.50 bits per heavy atom.